The fraction of sp³-hybridized carbons (Fsp3) is 0.182. The SMILES string of the molecule is Cc1cc(C)n(Cc2cccc(CNC(=O)/C=C/c3cccc(F)c3)c2)n1. The summed E-state index contributed by atoms with van der Waals surface area (Å²) < 4.78 is 15.1. The summed E-state index contributed by atoms with van der Waals surface area (Å²) in [6.45, 7) is 5.14. The molecule has 27 heavy (non-hydrogen) atoms. The van der Waals surface area contributed by atoms with Gasteiger partial charge in [-0.2, -0.15) is 5.10 Å². The normalized spacial score (nSPS) is 11.1. The largest absolute Gasteiger partial charge is 0.348 e. The van der Waals surface area contributed by atoms with Crippen LogP contribution in [0.15, 0.2) is 60.7 Å². The number of aromatic nitrogens is 2. The molecule has 0 saturated carbocycles. The number of hydrogen-bond donors (Lipinski definition) is 1. The number of nitrogens with one attached hydrogen (secondary N) is 1. The molecule has 0 aliphatic carbocycles. The van der Waals surface area contributed by atoms with Crippen molar-refractivity contribution in [3.63, 3.8) is 0 Å². The molecular weight excluding hydrogens is 341 g/mol. The highest BCUT2D eigenvalue weighted by atomic mass is 19.1. The molecule has 0 saturated heterocycles. The molecule has 0 radical (unpaired) electrons. The van der Waals surface area contributed by atoms with Crippen LogP contribution >= 0.6 is 0 Å². The third-order valence-corrected chi connectivity index (χ3v) is 4.17. The molecule has 1 amide bonds. The van der Waals surface area contributed by atoms with Crippen molar-refractivity contribution in [2.24, 2.45) is 0 Å². The second kappa shape index (κ2) is 8.45. The van der Waals surface area contributed by atoms with Crippen LogP contribution in [0.1, 0.15) is 28.1 Å². The van der Waals surface area contributed by atoms with Crippen molar-refractivity contribution < 1.29 is 9.18 Å². The highest BCUT2D eigenvalue weighted by molar-refractivity contribution is 5.91. The molecule has 5 heteroatoms. The van der Waals surface area contributed by atoms with E-state index >= 15 is 0 Å². The van der Waals surface area contributed by atoms with Crippen LogP contribution in [-0.4, -0.2) is 15.7 Å². The highest BCUT2D eigenvalue weighted by Gasteiger charge is 2.04. The van der Waals surface area contributed by atoms with Gasteiger partial charge in [0.05, 0.1) is 12.2 Å². The van der Waals surface area contributed by atoms with Crippen molar-refractivity contribution in [2.75, 3.05) is 0 Å². The van der Waals surface area contributed by atoms with E-state index in [1.165, 1.54) is 18.2 Å². The lowest BCUT2D eigenvalue weighted by atomic mass is 10.1. The summed E-state index contributed by atoms with van der Waals surface area (Å²) in [7, 11) is 0. The lowest BCUT2D eigenvalue weighted by molar-refractivity contribution is -0.116. The van der Waals surface area contributed by atoms with Crippen molar-refractivity contribution in [3.05, 3.63) is 94.6 Å². The fourth-order valence-electron chi connectivity index (χ4n) is 2.88. The Hall–Kier alpha value is -3.21. The Kier molecular flexibility index (Phi) is 5.81. The maximum atomic E-state index is 13.1. The van der Waals surface area contributed by atoms with Crippen molar-refractivity contribution in [1.29, 1.82) is 0 Å². The van der Waals surface area contributed by atoms with E-state index in [4.69, 9.17) is 0 Å². The van der Waals surface area contributed by atoms with Crippen LogP contribution in [0.2, 0.25) is 0 Å². The van der Waals surface area contributed by atoms with E-state index < -0.39 is 0 Å². The Morgan fingerprint density at radius 3 is 2.63 bits per heavy atom. The van der Waals surface area contributed by atoms with E-state index in [0.717, 1.165) is 22.5 Å². The lowest BCUT2D eigenvalue weighted by Gasteiger charge is -2.08. The van der Waals surface area contributed by atoms with Gasteiger partial charge in [-0.3, -0.25) is 9.48 Å². The third kappa shape index (κ3) is 5.38. The van der Waals surface area contributed by atoms with Crippen molar-refractivity contribution in [2.45, 2.75) is 26.9 Å². The maximum Gasteiger partial charge on any atom is 0.244 e. The molecule has 0 fully saturated rings. The number of benzene rings is 2. The Morgan fingerprint density at radius 2 is 1.89 bits per heavy atom. The summed E-state index contributed by atoms with van der Waals surface area (Å²) in [5, 5.41) is 7.33. The number of nitrogens with zero attached hydrogens (tertiary/aromatic N) is 2. The molecule has 1 heterocycles. The number of rotatable bonds is 6. The van der Waals surface area contributed by atoms with Crippen molar-refractivity contribution in [3.8, 4) is 0 Å². The second-order valence-corrected chi connectivity index (χ2v) is 6.51. The average Bonchev–Trinajstić information content (AvgIpc) is 2.95. The van der Waals surface area contributed by atoms with Gasteiger partial charge in [-0.1, -0.05) is 36.4 Å². The van der Waals surface area contributed by atoms with E-state index in [1.54, 1.807) is 18.2 Å². The highest BCUT2D eigenvalue weighted by Crippen LogP contribution is 2.10. The fourth-order valence-corrected chi connectivity index (χ4v) is 2.88. The molecule has 0 spiro atoms. The van der Waals surface area contributed by atoms with Crippen LogP contribution in [0.5, 0.6) is 0 Å². The lowest BCUT2D eigenvalue weighted by Crippen LogP contribution is -2.20. The molecule has 0 aliphatic heterocycles. The van der Waals surface area contributed by atoms with Gasteiger partial charge in [0, 0.05) is 18.3 Å². The number of amides is 1. The molecule has 4 nitrogen and oxygen atoms in total. The first-order valence-electron chi connectivity index (χ1n) is 8.80. The van der Waals surface area contributed by atoms with Gasteiger partial charge in [-0.05, 0) is 54.8 Å². The first kappa shape index (κ1) is 18.6. The Bertz CT molecular complexity index is 975. The van der Waals surface area contributed by atoms with Gasteiger partial charge >= 0.3 is 0 Å². The maximum absolute atomic E-state index is 13.1. The molecule has 138 valence electrons. The van der Waals surface area contributed by atoms with Crippen LogP contribution < -0.4 is 5.32 Å². The molecular formula is C22H22FN3O. The van der Waals surface area contributed by atoms with E-state index in [-0.39, 0.29) is 11.7 Å². The molecule has 0 aliphatic rings. The van der Waals surface area contributed by atoms with E-state index in [0.29, 0.717) is 18.7 Å². The summed E-state index contributed by atoms with van der Waals surface area (Å²) in [6.07, 6.45) is 3.01. The molecule has 3 rings (SSSR count). The summed E-state index contributed by atoms with van der Waals surface area (Å²) in [5.74, 6) is -0.541. The summed E-state index contributed by atoms with van der Waals surface area (Å²) in [6, 6.07) is 16.2. The molecule has 0 atom stereocenters. The molecule has 0 bridgehead atoms. The molecule has 3 aromatic rings. The number of aryl methyl sites for hydroxylation is 2. The summed E-state index contributed by atoms with van der Waals surface area (Å²) in [5.41, 5.74) is 4.91. The van der Waals surface area contributed by atoms with Gasteiger partial charge in [-0.15, -0.1) is 0 Å². The van der Waals surface area contributed by atoms with Crippen LogP contribution in [0.4, 0.5) is 4.39 Å². The minimum absolute atomic E-state index is 0.219. The van der Waals surface area contributed by atoms with Crippen LogP contribution in [0.3, 0.4) is 0 Å². The standard InChI is InChI=1S/C22H22FN3O/c1-16-11-17(2)26(25-16)15-20-7-3-6-19(12-20)14-24-22(27)10-9-18-5-4-8-21(23)13-18/h3-13H,14-15H2,1-2H3,(H,24,27)/b10-9+. The smallest absolute Gasteiger partial charge is 0.244 e. The predicted octanol–water partition coefficient (Wildman–Crippen LogP) is 4.02. The van der Waals surface area contributed by atoms with Gasteiger partial charge in [0.2, 0.25) is 5.91 Å². The Morgan fingerprint density at radius 1 is 1.11 bits per heavy atom. The van der Waals surface area contributed by atoms with E-state index in [1.807, 2.05) is 36.7 Å². The molecule has 1 aromatic heterocycles. The first-order chi connectivity index (χ1) is 13.0. The monoisotopic (exact) mass is 363 g/mol. The average molecular weight is 363 g/mol. The minimum atomic E-state index is -0.322. The molecule has 2 aromatic carbocycles. The second-order valence-electron chi connectivity index (χ2n) is 6.51. The van der Waals surface area contributed by atoms with Crippen LogP contribution in [-0.2, 0) is 17.9 Å². The summed E-state index contributed by atoms with van der Waals surface area (Å²) >= 11 is 0. The van der Waals surface area contributed by atoms with Crippen molar-refractivity contribution in [1.82, 2.24) is 15.1 Å². The molecule has 1 N–H and O–H groups in total. The van der Waals surface area contributed by atoms with Gasteiger partial charge < -0.3 is 5.32 Å². The van der Waals surface area contributed by atoms with Gasteiger partial charge in [0.1, 0.15) is 5.82 Å². The van der Waals surface area contributed by atoms with Crippen LogP contribution in [0, 0.1) is 19.7 Å². The topological polar surface area (TPSA) is 46.9 Å². The third-order valence-electron chi connectivity index (χ3n) is 4.17. The number of carbonyl (C=O) groups excluding carboxylic acids is 1. The number of halogens is 1. The van der Waals surface area contributed by atoms with Gasteiger partial charge in [0.25, 0.3) is 0 Å². The zero-order valence-corrected chi connectivity index (χ0v) is 15.4. The molecule has 0 unspecified atom stereocenters. The van der Waals surface area contributed by atoms with Crippen molar-refractivity contribution >= 4 is 12.0 Å². The summed E-state index contributed by atoms with van der Waals surface area (Å²) in [4.78, 5) is 12.0. The Labute approximate surface area is 158 Å². The minimum Gasteiger partial charge on any atom is -0.348 e. The number of carbonyl (C=O) groups is 1. The van der Waals surface area contributed by atoms with Gasteiger partial charge in [0.15, 0.2) is 0 Å². The first-order valence-corrected chi connectivity index (χ1v) is 8.80. The quantitative estimate of drug-likeness (QED) is 0.673. The van der Waals surface area contributed by atoms with Crippen LogP contribution in [0.25, 0.3) is 6.08 Å². The Balaban J connectivity index is 1.58. The van der Waals surface area contributed by atoms with E-state index in [9.17, 15) is 9.18 Å². The predicted molar refractivity (Wildman–Crippen MR) is 105 cm³/mol. The zero-order valence-electron chi connectivity index (χ0n) is 15.4. The number of hydrogen-bond acceptors (Lipinski definition) is 2. The zero-order chi connectivity index (χ0) is 19.2. The van der Waals surface area contributed by atoms with E-state index in [2.05, 4.69) is 22.5 Å². The van der Waals surface area contributed by atoms with Gasteiger partial charge in [-0.25, -0.2) is 4.39 Å².